The first kappa shape index (κ1) is 13.5. The number of hydrogen-bond donors (Lipinski definition) is 1. The van der Waals surface area contributed by atoms with Crippen LogP contribution in [0.15, 0.2) is 42.7 Å². The van der Waals surface area contributed by atoms with Crippen LogP contribution in [-0.4, -0.2) is 22.5 Å². The first-order valence-corrected chi connectivity index (χ1v) is 5.69. The van der Waals surface area contributed by atoms with Gasteiger partial charge in [-0.15, -0.1) is 0 Å². The molecule has 0 radical (unpaired) electrons. The van der Waals surface area contributed by atoms with Gasteiger partial charge in [0.2, 0.25) is 0 Å². The van der Waals surface area contributed by atoms with Crippen molar-refractivity contribution < 1.29 is 24.2 Å². The Morgan fingerprint density at radius 3 is 2.75 bits per heavy atom. The summed E-state index contributed by atoms with van der Waals surface area (Å²) < 4.78 is 10.1. The smallest absolute Gasteiger partial charge is 0.335 e. The Kier molecular flexibility index (Phi) is 4.28. The minimum atomic E-state index is -1.13. The Morgan fingerprint density at radius 1 is 1.30 bits per heavy atom. The largest absolute Gasteiger partial charge is 0.489 e. The third kappa shape index (κ3) is 3.55. The van der Waals surface area contributed by atoms with Crippen LogP contribution >= 0.6 is 0 Å². The maximum atomic E-state index is 11.0. The molecule has 0 aliphatic heterocycles. The van der Waals surface area contributed by atoms with Gasteiger partial charge in [-0.05, 0) is 18.2 Å². The number of nitrogens with zero attached hydrogens (tertiary/aromatic N) is 1. The second-order valence-electron chi connectivity index (χ2n) is 3.86. The number of carbonyl (C=O) groups is 2. The van der Waals surface area contributed by atoms with E-state index in [2.05, 4.69) is 9.72 Å². The molecule has 0 aliphatic carbocycles. The third-order valence-corrected chi connectivity index (χ3v) is 2.44. The van der Waals surface area contributed by atoms with Crippen molar-refractivity contribution in [1.82, 2.24) is 4.98 Å². The van der Waals surface area contributed by atoms with Crippen molar-refractivity contribution in [3.8, 4) is 11.5 Å². The van der Waals surface area contributed by atoms with Gasteiger partial charge in [-0.1, -0.05) is 6.07 Å². The monoisotopic (exact) mass is 273 g/mol. The van der Waals surface area contributed by atoms with Gasteiger partial charge in [-0.25, -0.2) is 4.79 Å². The van der Waals surface area contributed by atoms with Crippen molar-refractivity contribution in [2.24, 2.45) is 0 Å². The number of aromatic nitrogens is 1. The van der Waals surface area contributed by atoms with E-state index in [0.29, 0.717) is 5.75 Å². The predicted molar refractivity (Wildman–Crippen MR) is 68.7 cm³/mol. The Labute approximate surface area is 114 Å². The molecule has 1 N–H and O–H groups in total. The highest BCUT2D eigenvalue weighted by atomic mass is 16.5. The van der Waals surface area contributed by atoms with E-state index in [1.165, 1.54) is 18.2 Å². The number of carboxylic acids is 1. The molecule has 1 aromatic carbocycles. The topological polar surface area (TPSA) is 85.7 Å². The number of aromatic carboxylic acids is 1. The second-order valence-corrected chi connectivity index (χ2v) is 3.86. The van der Waals surface area contributed by atoms with E-state index in [1.54, 1.807) is 18.5 Å². The van der Waals surface area contributed by atoms with E-state index in [-0.39, 0.29) is 24.4 Å². The summed E-state index contributed by atoms with van der Waals surface area (Å²) in [6.45, 7) is 0.462. The van der Waals surface area contributed by atoms with Gasteiger partial charge in [0.05, 0.1) is 5.56 Å². The summed E-state index contributed by atoms with van der Waals surface area (Å²) in [4.78, 5) is 25.2. The molecule has 20 heavy (non-hydrogen) atoms. The Balaban J connectivity index is 2.17. The van der Waals surface area contributed by atoms with Crippen LogP contribution in [0.2, 0.25) is 0 Å². The van der Waals surface area contributed by atoms with Gasteiger partial charge in [0.25, 0.3) is 6.47 Å². The van der Waals surface area contributed by atoms with Crippen LogP contribution in [0.25, 0.3) is 0 Å². The van der Waals surface area contributed by atoms with Crippen molar-refractivity contribution in [3.05, 3.63) is 53.9 Å². The molecule has 102 valence electrons. The summed E-state index contributed by atoms with van der Waals surface area (Å²) in [5.41, 5.74) is 0.816. The Hall–Kier alpha value is -2.89. The zero-order chi connectivity index (χ0) is 14.4. The molecule has 6 heteroatoms. The Bertz CT molecular complexity index is 612. The van der Waals surface area contributed by atoms with Gasteiger partial charge >= 0.3 is 5.97 Å². The standard InChI is InChI=1S/C14H11NO5/c16-9-20-13-5-11(14(17)18)4-12(6-13)19-8-10-2-1-3-15-7-10/h1-7,9H,8H2,(H,17,18). The minimum Gasteiger partial charge on any atom is -0.489 e. The van der Waals surface area contributed by atoms with E-state index in [0.717, 1.165) is 5.56 Å². The van der Waals surface area contributed by atoms with Gasteiger partial charge < -0.3 is 14.6 Å². The predicted octanol–water partition coefficient (Wildman–Crippen LogP) is 1.89. The average Bonchev–Trinajstić information content (AvgIpc) is 2.46. The van der Waals surface area contributed by atoms with Gasteiger partial charge in [0.1, 0.15) is 18.1 Å². The second kappa shape index (κ2) is 6.33. The average molecular weight is 273 g/mol. The van der Waals surface area contributed by atoms with Crippen LogP contribution < -0.4 is 9.47 Å². The van der Waals surface area contributed by atoms with Gasteiger partial charge in [0.15, 0.2) is 0 Å². The van der Waals surface area contributed by atoms with Crippen molar-refractivity contribution in [2.75, 3.05) is 0 Å². The fourth-order valence-corrected chi connectivity index (χ4v) is 1.55. The van der Waals surface area contributed by atoms with Crippen LogP contribution in [0, 0.1) is 0 Å². The number of pyridine rings is 1. The van der Waals surface area contributed by atoms with Crippen molar-refractivity contribution in [1.29, 1.82) is 0 Å². The molecule has 2 aromatic rings. The summed E-state index contributed by atoms with van der Waals surface area (Å²) in [6, 6.07) is 7.64. The molecule has 6 nitrogen and oxygen atoms in total. The van der Waals surface area contributed by atoms with Crippen molar-refractivity contribution in [2.45, 2.75) is 6.61 Å². The lowest BCUT2D eigenvalue weighted by Crippen LogP contribution is -2.01. The highest BCUT2D eigenvalue weighted by Gasteiger charge is 2.09. The lowest BCUT2D eigenvalue weighted by molar-refractivity contribution is -0.120. The van der Waals surface area contributed by atoms with E-state index in [4.69, 9.17) is 9.84 Å². The minimum absolute atomic E-state index is 0.0227. The van der Waals surface area contributed by atoms with Crippen LogP contribution in [0.4, 0.5) is 0 Å². The number of ether oxygens (including phenoxy) is 2. The zero-order valence-corrected chi connectivity index (χ0v) is 10.4. The van der Waals surface area contributed by atoms with Gasteiger partial charge in [0, 0.05) is 24.0 Å². The van der Waals surface area contributed by atoms with Crippen LogP contribution in [-0.2, 0) is 11.4 Å². The fourth-order valence-electron chi connectivity index (χ4n) is 1.55. The fraction of sp³-hybridized carbons (Fsp3) is 0.0714. The SMILES string of the molecule is O=COc1cc(OCc2cccnc2)cc(C(=O)O)c1. The first-order chi connectivity index (χ1) is 9.69. The summed E-state index contributed by atoms with van der Waals surface area (Å²) in [5, 5.41) is 8.98. The van der Waals surface area contributed by atoms with E-state index < -0.39 is 5.97 Å². The van der Waals surface area contributed by atoms with Crippen LogP contribution in [0.5, 0.6) is 11.5 Å². The molecule has 2 rings (SSSR count). The molecule has 0 amide bonds. The quantitative estimate of drug-likeness (QED) is 0.809. The van der Waals surface area contributed by atoms with Crippen molar-refractivity contribution in [3.63, 3.8) is 0 Å². The zero-order valence-electron chi connectivity index (χ0n) is 10.4. The Morgan fingerprint density at radius 2 is 2.10 bits per heavy atom. The molecular formula is C14H11NO5. The first-order valence-electron chi connectivity index (χ1n) is 5.69. The molecule has 1 aromatic heterocycles. The third-order valence-electron chi connectivity index (χ3n) is 2.44. The molecule has 0 unspecified atom stereocenters. The highest BCUT2D eigenvalue weighted by molar-refractivity contribution is 5.88. The summed E-state index contributed by atoms with van der Waals surface area (Å²) in [7, 11) is 0. The molecule has 1 heterocycles. The summed E-state index contributed by atoms with van der Waals surface area (Å²) in [6.07, 6.45) is 3.29. The van der Waals surface area contributed by atoms with Crippen molar-refractivity contribution >= 4 is 12.4 Å². The molecular weight excluding hydrogens is 262 g/mol. The molecule has 0 spiro atoms. The summed E-state index contributed by atoms with van der Waals surface area (Å²) in [5.74, 6) is -0.723. The number of benzene rings is 1. The molecule has 0 fully saturated rings. The summed E-state index contributed by atoms with van der Waals surface area (Å²) >= 11 is 0. The van der Waals surface area contributed by atoms with Crippen LogP contribution in [0.3, 0.4) is 0 Å². The molecule has 0 saturated heterocycles. The number of rotatable bonds is 6. The van der Waals surface area contributed by atoms with Crippen LogP contribution in [0.1, 0.15) is 15.9 Å². The maximum Gasteiger partial charge on any atom is 0.335 e. The van der Waals surface area contributed by atoms with Gasteiger partial charge in [-0.3, -0.25) is 9.78 Å². The lowest BCUT2D eigenvalue weighted by atomic mass is 10.2. The number of carboxylic acid groups (broad SMARTS) is 1. The molecule has 0 bridgehead atoms. The van der Waals surface area contributed by atoms with Gasteiger partial charge in [-0.2, -0.15) is 0 Å². The van der Waals surface area contributed by atoms with E-state index >= 15 is 0 Å². The molecule has 0 saturated carbocycles. The normalized spacial score (nSPS) is 9.80. The lowest BCUT2D eigenvalue weighted by Gasteiger charge is -2.08. The molecule has 0 atom stereocenters. The van der Waals surface area contributed by atoms with E-state index in [9.17, 15) is 9.59 Å². The molecule has 0 aliphatic rings. The highest BCUT2D eigenvalue weighted by Crippen LogP contribution is 2.23. The maximum absolute atomic E-state index is 11.0. The van der Waals surface area contributed by atoms with E-state index in [1.807, 2.05) is 6.07 Å². The number of hydrogen-bond acceptors (Lipinski definition) is 5. The number of carbonyl (C=O) groups excluding carboxylic acids is 1.